The van der Waals surface area contributed by atoms with Gasteiger partial charge >= 0.3 is 0 Å². The van der Waals surface area contributed by atoms with E-state index >= 15 is 0 Å². The summed E-state index contributed by atoms with van der Waals surface area (Å²) < 4.78 is 0.599. The first kappa shape index (κ1) is 15.0. The van der Waals surface area contributed by atoms with Crippen LogP contribution in [0.15, 0.2) is 22.7 Å². The van der Waals surface area contributed by atoms with Crippen LogP contribution in [-0.4, -0.2) is 27.8 Å². The maximum absolute atomic E-state index is 12.7. The zero-order chi connectivity index (χ0) is 14.9. The Morgan fingerprint density at radius 3 is 2.80 bits per heavy atom. The average Bonchev–Trinajstić information content (AvgIpc) is 2.79. The largest absolute Gasteiger partial charge is 0.333 e. The molecule has 0 N–H and O–H groups in total. The fraction of sp³-hybridized carbons (Fsp3) is 0.500. The molecule has 0 aliphatic carbocycles. The minimum Gasteiger partial charge on any atom is -0.333 e. The van der Waals surface area contributed by atoms with Gasteiger partial charge in [-0.1, -0.05) is 6.92 Å². The van der Waals surface area contributed by atoms with Gasteiger partial charge in [0, 0.05) is 28.7 Å². The summed E-state index contributed by atoms with van der Waals surface area (Å²) in [5.74, 6) is -0.127. The molecule has 0 saturated carbocycles. The number of benzene rings is 1. The molecule has 2 atom stereocenters. The van der Waals surface area contributed by atoms with Gasteiger partial charge in [-0.25, -0.2) is 0 Å². The van der Waals surface area contributed by atoms with Gasteiger partial charge in [0.15, 0.2) is 0 Å². The highest BCUT2D eigenvalue weighted by Gasteiger charge is 2.34. The molecule has 0 spiro atoms. The van der Waals surface area contributed by atoms with Crippen molar-refractivity contribution in [2.75, 3.05) is 0 Å². The van der Waals surface area contributed by atoms with Gasteiger partial charge in [0.25, 0.3) is 11.6 Å². The van der Waals surface area contributed by atoms with E-state index in [2.05, 4.69) is 22.9 Å². The Morgan fingerprint density at radius 1 is 1.50 bits per heavy atom. The lowest BCUT2D eigenvalue weighted by atomic mass is 10.1. The molecule has 20 heavy (non-hydrogen) atoms. The van der Waals surface area contributed by atoms with E-state index < -0.39 is 4.92 Å². The number of hydrogen-bond acceptors (Lipinski definition) is 3. The predicted molar refractivity (Wildman–Crippen MR) is 79.7 cm³/mol. The number of carbonyl (C=O) groups is 1. The summed E-state index contributed by atoms with van der Waals surface area (Å²) >= 11 is 3.32. The van der Waals surface area contributed by atoms with Crippen molar-refractivity contribution in [3.63, 3.8) is 0 Å². The van der Waals surface area contributed by atoms with Crippen molar-refractivity contribution in [2.24, 2.45) is 0 Å². The first-order chi connectivity index (χ1) is 9.45. The maximum Gasteiger partial charge on any atom is 0.270 e. The van der Waals surface area contributed by atoms with Gasteiger partial charge in [0.1, 0.15) is 0 Å². The first-order valence-corrected chi connectivity index (χ1v) is 7.51. The number of hydrogen-bond donors (Lipinski definition) is 0. The van der Waals surface area contributed by atoms with Gasteiger partial charge in [-0.3, -0.25) is 14.9 Å². The van der Waals surface area contributed by atoms with Crippen molar-refractivity contribution >= 4 is 27.5 Å². The van der Waals surface area contributed by atoms with E-state index in [0.717, 1.165) is 19.3 Å². The van der Waals surface area contributed by atoms with Crippen LogP contribution < -0.4 is 0 Å². The zero-order valence-electron chi connectivity index (χ0n) is 11.5. The van der Waals surface area contributed by atoms with Crippen LogP contribution in [0.1, 0.15) is 43.5 Å². The number of halogens is 1. The third-order valence-electron chi connectivity index (χ3n) is 3.88. The van der Waals surface area contributed by atoms with Crippen LogP contribution in [-0.2, 0) is 0 Å². The molecule has 1 amide bonds. The van der Waals surface area contributed by atoms with E-state index in [9.17, 15) is 14.9 Å². The molecule has 1 saturated heterocycles. The highest BCUT2D eigenvalue weighted by Crippen LogP contribution is 2.31. The number of likely N-dealkylation sites (tertiary alicyclic amines) is 1. The molecular formula is C14H17BrN2O3. The van der Waals surface area contributed by atoms with E-state index in [-0.39, 0.29) is 23.7 Å². The van der Waals surface area contributed by atoms with Gasteiger partial charge in [-0.05, 0) is 48.2 Å². The second-order valence-electron chi connectivity index (χ2n) is 5.12. The van der Waals surface area contributed by atoms with E-state index in [1.54, 1.807) is 6.07 Å². The van der Waals surface area contributed by atoms with Gasteiger partial charge < -0.3 is 4.90 Å². The van der Waals surface area contributed by atoms with Crippen molar-refractivity contribution in [1.29, 1.82) is 0 Å². The molecule has 6 heteroatoms. The third kappa shape index (κ3) is 2.70. The zero-order valence-corrected chi connectivity index (χ0v) is 13.1. The van der Waals surface area contributed by atoms with Crippen molar-refractivity contribution in [3.8, 4) is 0 Å². The smallest absolute Gasteiger partial charge is 0.270 e. The number of rotatable bonds is 3. The highest BCUT2D eigenvalue weighted by atomic mass is 79.9. The summed E-state index contributed by atoms with van der Waals surface area (Å²) in [4.78, 5) is 24.9. The van der Waals surface area contributed by atoms with Crippen LogP contribution in [0.2, 0.25) is 0 Å². The number of nitrogens with zero attached hydrogens (tertiary/aromatic N) is 2. The number of carbonyl (C=O) groups excluding carboxylic acids is 1. The second-order valence-corrected chi connectivity index (χ2v) is 5.98. The summed E-state index contributed by atoms with van der Waals surface area (Å²) in [6.45, 7) is 4.09. The maximum atomic E-state index is 12.7. The normalized spacial score (nSPS) is 22.1. The summed E-state index contributed by atoms with van der Waals surface area (Å²) in [5.41, 5.74) is 0.308. The van der Waals surface area contributed by atoms with E-state index in [1.165, 1.54) is 12.1 Å². The number of nitro benzene ring substituents is 1. The Bertz CT molecular complexity index is 547. The van der Waals surface area contributed by atoms with Crippen LogP contribution in [0, 0.1) is 10.1 Å². The molecule has 2 unspecified atom stereocenters. The lowest BCUT2D eigenvalue weighted by Gasteiger charge is -2.28. The van der Waals surface area contributed by atoms with Crippen molar-refractivity contribution in [1.82, 2.24) is 4.90 Å². The van der Waals surface area contributed by atoms with Crippen LogP contribution >= 0.6 is 15.9 Å². The second kappa shape index (κ2) is 5.91. The monoisotopic (exact) mass is 340 g/mol. The summed E-state index contributed by atoms with van der Waals surface area (Å²) in [7, 11) is 0. The molecule has 0 bridgehead atoms. The number of nitro groups is 1. The molecule has 1 fully saturated rings. The van der Waals surface area contributed by atoms with Gasteiger partial charge in [0.2, 0.25) is 0 Å². The Labute approximate surface area is 126 Å². The van der Waals surface area contributed by atoms with Crippen LogP contribution in [0.4, 0.5) is 5.69 Å². The Kier molecular flexibility index (Phi) is 4.42. The molecule has 1 aliphatic rings. The Hall–Kier alpha value is -1.43. The minimum atomic E-state index is -0.478. The third-order valence-corrected chi connectivity index (χ3v) is 4.57. The van der Waals surface area contributed by atoms with Crippen LogP contribution in [0.25, 0.3) is 0 Å². The molecular weight excluding hydrogens is 324 g/mol. The average molecular weight is 341 g/mol. The summed E-state index contributed by atoms with van der Waals surface area (Å²) in [6.07, 6.45) is 2.88. The molecule has 1 aromatic rings. The lowest BCUT2D eigenvalue weighted by Crippen LogP contribution is -2.39. The Balaban J connectivity index is 2.37. The number of amides is 1. The topological polar surface area (TPSA) is 63.5 Å². The fourth-order valence-electron chi connectivity index (χ4n) is 2.77. The molecule has 1 aromatic carbocycles. The lowest BCUT2D eigenvalue weighted by molar-refractivity contribution is -0.384. The molecule has 5 nitrogen and oxygen atoms in total. The fourth-order valence-corrected chi connectivity index (χ4v) is 3.18. The van der Waals surface area contributed by atoms with E-state index in [1.807, 2.05) is 11.8 Å². The molecule has 0 radical (unpaired) electrons. The van der Waals surface area contributed by atoms with Gasteiger partial charge in [0.05, 0.1) is 10.5 Å². The molecule has 1 aliphatic heterocycles. The molecule has 108 valence electrons. The summed E-state index contributed by atoms with van der Waals surface area (Å²) in [5, 5.41) is 10.9. The highest BCUT2D eigenvalue weighted by molar-refractivity contribution is 9.10. The number of non-ortho nitro benzene ring substituents is 1. The van der Waals surface area contributed by atoms with Crippen LogP contribution in [0.5, 0.6) is 0 Å². The van der Waals surface area contributed by atoms with Crippen molar-refractivity contribution in [2.45, 2.75) is 45.2 Å². The predicted octanol–water partition coefficient (Wildman–Crippen LogP) is 3.76. The SMILES string of the molecule is CCC1CCC(C)N1C(=O)c1cc([N+](=O)[O-])ccc1Br. The van der Waals surface area contributed by atoms with Crippen molar-refractivity contribution < 1.29 is 9.72 Å². The van der Waals surface area contributed by atoms with Gasteiger partial charge in [-0.15, -0.1) is 0 Å². The molecule has 1 heterocycles. The Morgan fingerprint density at radius 2 is 2.20 bits per heavy atom. The van der Waals surface area contributed by atoms with Crippen molar-refractivity contribution in [3.05, 3.63) is 38.3 Å². The summed E-state index contributed by atoms with van der Waals surface area (Å²) in [6, 6.07) is 4.71. The first-order valence-electron chi connectivity index (χ1n) is 6.72. The van der Waals surface area contributed by atoms with E-state index in [4.69, 9.17) is 0 Å². The van der Waals surface area contributed by atoms with Crippen LogP contribution in [0.3, 0.4) is 0 Å². The quantitative estimate of drug-likeness (QED) is 0.621. The standard InChI is InChI=1S/C14H17BrN2O3/c1-3-10-5-4-9(2)16(10)14(18)12-8-11(17(19)20)6-7-13(12)15/h6-10H,3-5H2,1-2H3. The van der Waals surface area contributed by atoms with Gasteiger partial charge in [-0.2, -0.15) is 0 Å². The van der Waals surface area contributed by atoms with E-state index in [0.29, 0.717) is 10.0 Å². The minimum absolute atomic E-state index is 0.0588. The molecule has 2 rings (SSSR count). The molecule has 0 aromatic heterocycles.